The number of carboxylic acids is 1. The zero-order valence-corrected chi connectivity index (χ0v) is 14.3. The summed E-state index contributed by atoms with van der Waals surface area (Å²) < 4.78 is 13.9. The molecule has 1 aliphatic heterocycles. The monoisotopic (exact) mass is 359 g/mol. The molecule has 1 aliphatic rings. The molecule has 0 aliphatic carbocycles. The van der Waals surface area contributed by atoms with Gasteiger partial charge in [0.15, 0.2) is 0 Å². The number of carbonyl (C=O) groups excluding carboxylic acids is 1. The molecule has 0 aromatic heterocycles. The topological polar surface area (TPSA) is 66.4 Å². The van der Waals surface area contributed by atoms with Crippen molar-refractivity contribution in [1.82, 2.24) is 5.32 Å². The Bertz CT molecular complexity index is 809. The van der Waals surface area contributed by atoms with Crippen LogP contribution in [0, 0.1) is 5.82 Å². The molecular formula is C19H18FNO3S. The molecule has 2 aromatic carbocycles. The minimum Gasteiger partial charge on any atom is -0.478 e. The van der Waals surface area contributed by atoms with Crippen LogP contribution in [-0.4, -0.2) is 22.7 Å². The molecule has 25 heavy (non-hydrogen) atoms. The van der Waals surface area contributed by atoms with E-state index in [1.807, 2.05) is 6.07 Å². The molecule has 6 heteroatoms. The van der Waals surface area contributed by atoms with E-state index in [0.29, 0.717) is 16.9 Å². The number of hydrogen-bond donors (Lipinski definition) is 2. The van der Waals surface area contributed by atoms with Crippen LogP contribution in [0.1, 0.15) is 40.4 Å². The maximum atomic E-state index is 13.9. The van der Waals surface area contributed by atoms with Crippen LogP contribution in [0.2, 0.25) is 0 Å². The number of aromatic carboxylic acids is 1. The van der Waals surface area contributed by atoms with Crippen molar-refractivity contribution in [2.24, 2.45) is 0 Å². The zero-order valence-electron chi connectivity index (χ0n) is 13.5. The van der Waals surface area contributed by atoms with Crippen molar-refractivity contribution in [2.45, 2.75) is 30.2 Å². The summed E-state index contributed by atoms with van der Waals surface area (Å²) in [6.07, 6.45) is 1.29. The molecule has 0 fully saturated rings. The maximum absolute atomic E-state index is 13.9. The van der Waals surface area contributed by atoms with E-state index in [4.69, 9.17) is 0 Å². The predicted octanol–water partition coefficient (Wildman–Crippen LogP) is 3.81. The Morgan fingerprint density at radius 1 is 1.20 bits per heavy atom. The number of carboxylic acid groups (broad SMARTS) is 1. The summed E-state index contributed by atoms with van der Waals surface area (Å²) in [5, 5.41) is 12.1. The highest BCUT2D eigenvalue weighted by molar-refractivity contribution is 7.99. The van der Waals surface area contributed by atoms with E-state index in [2.05, 4.69) is 5.32 Å². The van der Waals surface area contributed by atoms with E-state index in [0.717, 1.165) is 17.7 Å². The standard InChI is InChI=1S/C19H18FNO3S/c20-15-7-3-6-14-16(10-11-25-18(14)15)21-17(22)9-8-12-4-1-2-5-13(12)19(23)24/h1-7,16H,8-11H2,(H,21,22)(H,23,24). The molecule has 1 heterocycles. The van der Waals surface area contributed by atoms with Crippen LogP contribution in [0.25, 0.3) is 0 Å². The molecule has 2 aromatic rings. The number of hydrogen-bond acceptors (Lipinski definition) is 3. The van der Waals surface area contributed by atoms with Crippen LogP contribution in [0.15, 0.2) is 47.4 Å². The molecule has 3 rings (SSSR count). The molecular weight excluding hydrogens is 341 g/mol. The van der Waals surface area contributed by atoms with Crippen molar-refractivity contribution >= 4 is 23.6 Å². The van der Waals surface area contributed by atoms with Gasteiger partial charge in [0, 0.05) is 17.1 Å². The van der Waals surface area contributed by atoms with Crippen molar-refractivity contribution < 1.29 is 19.1 Å². The highest BCUT2D eigenvalue weighted by atomic mass is 32.2. The minimum atomic E-state index is -0.996. The quantitative estimate of drug-likeness (QED) is 0.852. The zero-order chi connectivity index (χ0) is 17.8. The van der Waals surface area contributed by atoms with E-state index < -0.39 is 5.97 Å². The SMILES string of the molecule is O=C(CCc1ccccc1C(=O)O)NC1CCSc2c(F)cccc21. The number of nitrogens with one attached hydrogen (secondary N) is 1. The largest absolute Gasteiger partial charge is 0.478 e. The van der Waals surface area contributed by atoms with Crippen LogP contribution < -0.4 is 5.32 Å². The van der Waals surface area contributed by atoms with Gasteiger partial charge in [-0.3, -0.25) is 4.79 Å². The Balaban J connectivity index is 1.65. The second-order valence-corrected chi connectivity index (χ2v) is 6.98. The van der Waals surface area contributed by atoms with Gasteiger partial charge in [-0.1, -0.05) is 30.3 Å². The normalized spacial score (nSPS) is 16.1. The first-order chi connectivity index (χ1) is 12.1. The summed E-state index contributed by atoms with van der Waals surface area (Å²) in [5.41, 5.74) is 1.67. The first kappa shape index (κ1) is 17.5. The number of rotatable bonds is 5. The molecule has 0 saturated heterocycles. The van der Waals surface area contributed by atoms with Crippen molar-refractivity contribution in [3.63, 3.8) is 0 Å². The minimum absolute atomic E-state index is 0.160. The van der Waals surface area contributed by atoms with Crippen molar-refractivity contribution in [3.8, 4) is 0 Å². The van der Waals surface area contributed by atoms with E-state index in [-0.39, 0.29) is 29.8 Å². The highest BCUT2D eigenvalue weighted by Gasteiger charge is 2.24. The van der Waals surface area contributed by atoms with E-state index in [1.165, 1.54) is 23.9 Å². The smallest absolute Gasteiger partial charge is 0.335 e. The molecule has 4 nitrogen and oxygen atoms in total. The van der Waals surface area contributed by atoms with Gasteiger partial charge in [0.05, 0.1) is 11.6 Å². The lowest BCUT2D eigenvalue weighted by Crippen LogP contribution is -2.31. The number of fused-ring (bicyclic) bond motifs is 1. The lowest BCUT2D eigenvalue weighted by Gasteiger charge is -2.26. The number of halogens is 1. The molecule has 130 valence electrons. The summed E-state index contributed by atoms with van der Waals surface area (Å²) in [6.45, 7) is 0. The van der Waals surface area contributed by atoms with Crippen molar-refractivity contribution in [1.29, 1.82) is 0 Å². The maximum Gasteiger partial charge on any atom is 0.335 e. The van der Waals surface area contributed by atoms with Crippen LogP contribution in [0.3, 0.4) is 0 Å². The number of thioether (sulfide) groups is 1. The van der Waals surface area contributed by atoms with Gasteiger partial charge in [-0.15, -0.1) is 11.8 Å². The first-order valence-electron chi connectivity index (χ1n) is 8.08. The highest BCUT2D eigenvalue weighted by Crippen LogP contribution is 2.37. The van der Waals surface area contributed by atoms with E-state index in [9.17, 15) is 19.1 Å². The van der Waals surface area contributed by atoms with Crippen LogP contribution >= 0.6 is 11.8 Å². The lowest BCUT2D eigenvalue weighted by atomic mass is 10.0. The van der Waals surface area contributed by atoms with Gasteiger partial charge in [-0.25, -0.2) is 9.18 Å². The molecule has 0 radical (unpaired) electrons. The van der Waals surface area contributed by atoms with Gasteiger partial charge >= 0.3 is 5.97 Å². The van der Waals surface area contributed by atoms with Gasteiger partial charge in [0.25, 0.3) is 0 Å². The fourth-order valence-electron chi connectivity index (χ4n) is 3.00. The molecule has 0 spiro atoms. The number of amides is 1. The molecule has 2 N–H and O–H groups in total. The Morgan fingerprint density at radius 2 is 2.00 bits per heavy atom. The third kappa shape index (κ3) is 4.02. The second-order valence-electron chi connectivity index (χ2n) is 5.88. The molecule has 0 bridgehead atoms. The predicted molar refractivity (Wildman–Crippen MR) is 94.3 cm³/mol. The number of aryl methyl sites for hydroxylation is 1. The lowest BCUT2D eigenvalue weighted by molar-refractivity contribution is -0.121. The summed E-state index contributed by atoms with van der Waals surface area (Å²) in [4.78, 5) is 24.1. The van der Waals surface area contributed by atoms with E-state index in [1.54, 1.807) is 24.3 Å². The van der Waals surface area contributed by atoms with Crippen LogP contribution in [-0.2, 0) is 11.2 Å². The Kier molecular flexibility index (Phi) is 5.38. The first-order valence-corrected chi connectivity index (χ1v) is 9.06. The van der Waals surface area contributed by atoms with Gasteiger partial charge < -0.3 is 10.4 Å². The molecule has 1 atom stereocenters. The number of benzene rings is 2. The van der Waals surface area contributed by atoms with Crippen molar-refractivity contribution in [3.05, 3.63) is 65.0 Å². The van der Waals surface area contributed by atoms with Crippen LogP contribution in [0.4, 0.5) is 4.39 Å². The average molecular weight is 359 g/mol. The summed E-state index contributed by atoms with van der Waals surface area (Å²) in [5.74, 6) is -0.658. The fraction of sp³-hybridized carbons (Fsp3) is 0.263. The third-order valence-electron chi connectivity index (χ3n) is 4.23. The second kappa shape index (κ2) is 7.70. The average Bonchev–Trinajstić information content (AvgIpc) is 2.61. The Labute approximate surface area is 149 Å². The summed E-state index contributed by atoms with van der Waals surface area (Å²) >= 11 is 1.47. The summed E-state index contributed by atoms with van der Waals surface area (Å²) in [6, 6.07) is 11.4. The van der Waals surface area contributed by atoms with Crippen LogP contribution in [0.5, 0.6) is 0 Å². The Hall–Kier alpha value is -2.34. The van der Waals surface area contributed by atoms with Gasteiger partial charge in [-0.05, 0) is 36.1 Å². The Morgan fingerprint density at radius 3 is 2.80 bits per heavy atom. The number of carbonyl (C=O) groups is 2. The molecule has 0 saturated carbocycles. The molecule has 1 unspecified atom stereocenters. The van der Waals surface area contributed by atoms with Gasteiger partial charge in [0.2, 0.25) is 5.91 Å². The third-order valence-corrected chi connectivity index (χ3v) is 5.39. The van der Waals surface area contributed by atoms with E-state index >= 15 is 0 Å². The fourth-order valence-corrected chi connectivity index (χ4v) is 4.14. The molecule has 1 amide bonds. The summed E-state index contributed by atoms with van der Waals surface area (Å²) in [7, 11) is 0. The van der Waals surface area contributed by atoms with Gasteiger partial charge in [-0.2, -0.15) is 0 Å². The van der Waals surface area contributed by atoms with Gasteiger partial charge in [0.1, 0.15) is 5.82 Å². The van der Waals surface area contributed by atoms with Crippen molar-refractivity contribution in [2.75, 3.05) is 5.75 Å².